The van der Waals surface area contributed by atoms with E-state index in [2.05, 4.69) is 0 Å². The highest BCUT2D eigenvalue weighted by Crippen LogP contribution is 2.30. The molecule has 2 fully saturated rings. The number of ether oxygens (including phenoxy) is 1. The summed E-state index contributed by atoms with van der Waals surface area (Å²) in [7, 11) is 0. The molecule has 0 spiro atoms. The second kappa shape index (κ2) is 5.52. The largest absolute Gasteiger partial charge is 0.447 e. The van der Waals surface area contributed by atoms with E-state index in [4.69, 9.17) is 4.74 Å². The molecule has 0 bridgehead atoms. The molecular formula is C13H21NO3. The van der Waals surface area contributed by atoms with Gasteiger partial charge < -0.3 is 4.74 Å². The fraction of sp³-hybridized carbons (Fsp3) is 0.846. The van der Waals surface area contributed by atoms with E-state index < -0.39 is 6.09 Å². The Balaban J connectivity index is 1.94. The topological polar surface area (TPSA) is 46.6 Å². The van der Waals surface area contributed by atoms with E-state index in [1.165, 1.54) is 37.0 Å². The average Bonchev–Trinajstić information content (AvgIpc) is 2.71. The van der Waals surface area contributed by atoms with Crippen LogP contribution in [0, 0.1) is 5.92 Å². The monoisotopic (exact) mass is 239 g/mol. The van der Waals surface area contributed by atoms with Gasteiger partial charge >= 0.3 is 6.09 Å². The van der Waals surface area contributed by atoms with Gasteiger partial charge in [-0.25, -0.2) is 9.69 Å². The molecule has 2 aliphatic rings. The average molecular weight is 239 g/mol. The van der Waals surface area contributed by atoms with Gasteiger partial charge in [-0.3, -0.25) is 4.79 Å². The second-order valence-corrected chi connectivity index (χ2v) is 5.09. The first-order valence-corrected chi connectivity index (χ1v) is 6.71. The summed E-state index contributed by atoms with van der Waals surface area (Å²) in [4.78, 5) is 24.6. The van der Waals surface area contributed by atoms with Gasteiger partial charge in [0, 0.05) is 6.42 Å². The normalized spacial score (nSPS) is 26.1. The number of carbonyl (C=O) groups excluding carboxylic acids is 2. The lowest BCUT2D eigenvalue weighted by Crippen LogP contribution is -2.39. The molecule has 1 saturated carbocycles. The molecule has 0 aromatic heterocycles. The molecule has 4 nitrogen and oxygen atoms in total. The van der Waals surface area contributed by atoms with Gasteiger partial charge in [-0.15, -0.1) is 0 Å². The standard InChI is InChI=1S/C13H21NO3/c1-2-12(15)14-11(9-17-13(14)16)8-10-6-4-3-5-7-10/h10-11H,2-9H2,1H3/t11-/m0/s1. The smallest absolute Gasteiger partial charge is 0.416 e. The van der Waals surface area contributed by atoms with Crippen molar-refractivity contribution in [2.24, 2.45) is 5.92 Å². The van der Waals surface area contributed by atoms with Crippen LogP contribution in [-0.2, 0) is 9.53 Å². The van der Waals surface area contributed by atoms with Crippen molar-refractivity contribution >= 4 is 12.0 Å². The Morgan fingerprint density at radius 2 is 2.06 bits per heavy atom. The fourth-order valence-corrected chi connectivity index (χ4v) is 2.92. The summed E-state index contributed by atoms with van der Waals surface area (Å²) < 4.78 is 5.01. The third kappa shape index (κ3) is 2.79. The van der Waals surface area contributed by atoms with Crippen LogP contribution in [0.15, 0.2) is 0 Å². The predicted molar refractivity (Wildman–Crippen MR) is 63.5 cm³/mol. The van der Waals surface area contributed by atoms with Gasteiger partial charge in [0.05, 0.1) is 6.04 Å². The molecule has 96 valence electrons. The number of rotatable bonds is 3. The van der Waals surface area contributed by atoms with Crippen molar-refractivity contribution in [1.82, 2.24) is 4.90 Å². The van der Waals surface area contributed by atoms with Gasteiger partial charge in [0.2, 0.25) is 5.91 Å². The van der Waals surface area contributed by atoms with Crippen LogP contribution in [-0.4, -0.2) is 29.5 Å². The van der Waals surface area contributed by atoms with Crippen molar-refractivity contribution in [3.05, 3.63) is 0 Å². The number of nitrogens with zero attached hydrogens (tertiary/aromatic N) is 1. The molecule has 0 aromatic rings. The maximum atomic E-state index is 11.7. The highest BCUT2D eigenvalue weighted by Gasteiger charge is 2.38. The van der Waals surface area contributed by atoms with E-state index in [0.717, 1.165) is 6.42 Å². The maximum absolute atomic E-state index is 11.7. The number of amides is 2. The lowest BCUT2D eigenvalue weighted by Gasteiger charge is -2.26. The van der Waals surface area contributed by atoms with E-state index in [-0.39, 0.29) is 11.9 Å². The SMILES string of the molecule is CCC(=O)N1C(=O)OC[C@@H]1CC1CCCCC1. The van der Waals surface area contributed by atoms with Crippen molar-refractivity contribution < 1.29 is 14.3 Å². The molecule has 17 heavy (non-hydrogen) atoms. The van der Waals surface area contributed by atoms with Crippen LogP contribution < -0.4 is 0 Å². The van der Waals surface area contributed by atoms with Gasteiger partial charge in [0.15, 0.2) is 0 Å². The lowest BCUT2D eigenvalue weighted by atomic mass is 9.85. The van der Waals surface area contributed by atoms with E-state index >= 15 is 0 Å². The Labute approximate surface area is 102 Å². The van der Waals surface area contributed by atoms with Crippen LogP contribution in [0.1, 0.15) is 51.9 Å². The first-order valence-electron chi connectivity index (χ1n) is 6.71. The van der Waals surface area contributed by atoms with Crippen LogP contribution in [0.5, 0.6) is 0 Å². The third-order valence-corrected chi connectivity index (χ3v) is 3.86. The molecule has 0 aromatic carbocycles. The zero-order chi connectivity index (χ0) is 12.3. The lowest BCUT2D eigenvalue weighted by molar-refractivity contribution is -0.129. The van der Waals surface area contributed by atoms with Gasteiger partial charge in [0.25, 0.3) is 0 Å². The summed E-state index contributed by atoms with van der Waals surface area (Å²) in [5, 5.41) is 0. The number of cyclic esters (lactones) is 1. The summed E-state index contributed by atoms with van der Waals surface area (Å²) in [6.07, 6.45) is 7.22. The quantitative estimate of drug-likeness (QED) is 0.760. The predicted octanol–water partition coefficient (Wildman–Crippen LogP) is 2.71. The second-order valence-electron chi connectivity index (χ2n) is 5.09. The van der Waals surface area contributed by atoms with Crippen LogP contribution >= 0.6 is 0 Å². The Morgan fingerprint density at radius 1 is 1.35 bits per heavy atom. The van der Waals surface area contributed by atoms with Crippen molar-refractivity contribution in [2.45, 2.75) is 57.9 Å². The van der Waals surface area contributed by atoms with E-state index in [1.807, 2.05) is 0 Å². The van der Waals surface area contributed by atoms with Crippen molar-refractivity contribution in [3.63, 3.8) is 0 Å². The molecule has 1 atom stereocenters. The van der Waals surface area contributed by atoms with Crippen LogP contribution in [0.2, 0.25) is 0 Å². The molecule has 2 amide bonds. The zero-order valence-corrected chi connectivity index (χ0v) is 10.5. The van der Waals surface area contributed by atoms with Crippen molar-refractivity contribution in [3.8, 4) is 0 Å². The van der Waals surface area contributed by atoms with Gasteiger partial charge in [-0.05, 0) is 12.3 Å². The number of hydrogen-bond acceptors (Lipinski definition) is 3. The number of hydrogen-bond donors (Lipinski definition) is 0. The van der Waals surface area contributed by atoms with E-state index in [9.17, 15) is 9.59 Å². The van der Waals surface area contributed by atoms with Crippen LogP contribution in [0.3, 0.4) is 0 Å². The summed E-state index contributed by atoms with van der Waals surface area (Å²) in [6.45, 7) is 2.17. The van der Waals surface area contributed by atoms with Gasteiger partial charge in [-0.1, -0.05) is 39.0 Å². The van der Waals surface area contributed by atoms with Crippen LogP contribution in [0.25, 0.3) is 0 Å². The first-order chi connectivity index (χ1) is 8.22. The van der Waals surface area contributed by atoms with Crippen LogP contribution in [0.4, 0.5) is 4.79 Å². The summed E-state index contributed by atoms with van der Waals surface area (Å²) in [5.74, 6) is 0.559. The molecule has 0 N–H and O–H groups in total. The molecular weight excluding hydrogens is 218 g/mol. The van der Waals surface area contributed by atoms with E-state index in [0.29, 0.717) is 18.9 Å². The maximum Gasteiger partial charge on any atom is 0.416 e. The minimum Gasteiger partial charge on any atom is -0.447 e. The van der Waals surface area contributed by atoms with Gasteiger partial charge in [0.1, 0.15) is 6.61 Å². The minimum absolute atomic E-state index is 0.0157. The molecule has 1 aliphatic heterocycles. The zero-order valence-electron chi connectivity index (χ0n) is 10.5. The highest BCUT2D eigenvalue weighted by atomic mass is 16.6. The molecule has 0 unspecified atom stereocenters. The number of imide groups is 1. The first kappa shape index (κ1) is 12.4. The Hall–Kier alpha value is -1.06. The fourth-order valence-electron chi connectivity index (χ4n) is 2.92. The Morgan fingerprint density at radius 3 is 2.71 bits per heavy atom. The Kier molecular flexibility index (Phi) is 4.02. The molecule has 1 heterocycles. The van der Waals surface area contributed by atoms with Crippen molar-refractivity contribution in [1.29, 1.82) is 0 Å². The Bertz CT molecular complexity index is 297. The van der Waals surface area contributed by atoms with E-state index in [1.54, 1.807) is 6.92 Å². The molecule has 1 aliphatic carbocycles. The molecule has 4 heteroatoms. The third-order valence-electron chi connectivity index (χ3n) is 3.86. The minimum atomic E-state index is -0.447. The number of carbonyl (C=O) groups is 2. The summed E-state index contributed by atoms with van der Waals surface area (Å²) in [6, 6.07) is -0.0157. The molecule has 2 rings (SSSR count). The highest BCUT2D eigenvalue weighted by molar-refractivity contribution is 5.93. The van der Waals surface area contributed by atoms with Crippen molar-refractivity contribution in [2.75, 3.05) is 6.61 Å². The van der Waals surface area contributed by atoms with Gasteiger partial charge in [-0.2, -0.15) is 0 Å². The molecule has 0 radical (unpaired) electrons. The summed E-state index contributed by atoms with van der Waals surface area (Å²) >= 11 is 0. The molecule has 1 saturated heterocycles. The summed E-state index contributed by atoms with van der Waals surface area (Å²) in [5.41, 5.74) is 0.